The van der Waals surface area contributed by atoms with Gasteiger partial charge in [0.15, 0.2) is 0 Å². The molecule has 0 aliphatic heterocycles. The van der Waals surface area contributed by atoms with Crippen LogP contribution in [-0.4, -0.2) is 38.8 Å². The standard InChI is InChI=1S/C13H20N2O3/c1-17-12(10-14)13(16)15-8-5-9-18-11-6-3-2-4-7-11/h2-4,6-7,12H,5,8-10,14H2,1H3,(H,15,16). The van der Waals surface area contributed by atoms with Crippen LogP contribution in [0.2, 0.25) is 0 Å². The van der Waals surface area contributed by atoms with E-state index >= 15 is 0 Å². The maximum absolute atomic E-state index is 11.5. The van der Waals surface area contributed by atoms with Crippen LogP contribution in [0.15, 0.2) is 30.3 Å². The molecule has 0 heterocycles. The molecule has 0 aliphatic rings. The Kier molecular flexibility index (Phi) is 6.83. The van der Waals surface area contributed by atoms with E-state index < -0.39 is 6.10 Å². The van der Waals surface area contributed by atoms with Crippen molar-refractivity contribution in [2.45, 2.75) is 12.5 Å². The lowest BCUT2D eigenvalue weighted by Crippen LogP contribution is -2.41. The molecule has 0 aromatic heterocycles. The summed E-state index contributed by atoms with van der Waals surface area (Å²) in [6.07, 6.45) is 0.168. The fourth-order valence-corrected chi connectivity index (χ4v) is 1.41. The van der Waals surface area contributed by atoms with E-state index in [1.807, 2.05) is 30.3 Å². The third-order valence-electron chi connectivity index (χ3n) is 2.42. The zero-order valence-corrected chi connectivity index (χ0v) is 10.6. The highest BCUT2D eigenvalue weighted by Crippen LogP contribution is 2.07. The van der Waals surface area contributed by atoms with Gasteiger partial charge in [-0.3, -0.25) is 4.79 Å². The number of nitrogens with one attached hydrogen (secondary N) is 1. The van der Waals surface area contributed by atoms with E-state index in [0.717, 1.165) is 12.2 Å². The van der Waals surface area contributed by atoms with Gasteiger partial charge in [0.25, 0.3) is 0 Å². The van der Waals surface area contributed by atoms with E-state index in [2.05, 4.69) is 5.32 Å². The second-order valence-corrected chi connectivity index (χ2v) is 3.77. The molecule has 0 spiro atoms. The van der Waals surface area contributed by atoms with Gasteiger partial charge in [-0.1, -0.05) is 18.2 Å². The van der Waals surface area contributed by atoms with E-state index in [4.69, 9.17) is 15.2 Å². The number of ether oxygens (including phenoxy) is 2. The molecule has 5 heteroatoms. The Labute approximate surface area is 107 Å². The molecule has 0 bridgehead atoms. The quantitative estimate of drug-likeness (QED) is 0.662. The first-order valence-electron chi connectivity index (χ1n) is 5.96. The van der Waals surface area contributed by atoms with Crippen molar-refractivity contribution in [1.29, 1.82) is 0 Å². The molecular formula is C13H20N2O3. The zero-order valence-electron chi connectivity index (χ0n) is 10.6. The fraction of sp³-hybridized carbons (Fsp3) is 0.462. The number of hydrogen-bond donors (Lipinski definition) is 2. The number of hydrogen-bond acceptors (Lipinski definition) is 4. The normalized spacial score (nSPS) is 11.9. The van der Waals surface area contributed by atoms with Crippen molar-refractivity contribution in [1.82, 2.24) is 5.32 Å². The van der Waals surface area contributed by atoms with Gasteiger partial charge in [-0.25, -0.2) is 0 Å². The minimum atomic E-state index is -0.569. The van der Waals surface area contributed by atoms with E-state index in [1.165, 1.54) is 7.11 Å². The van der Waals surface area contributed by atoms with Gasteiger partial charge in [0.1, 0.15) is 11.9 Å². The molecule has 100 valence electrons. The van der Waals surface area contributed by atoms with Gasteiger partial charge in [0.2, 0.25) is 5.91 Å². The van der Waals surface area contributed by atoms with Crippen molar-refractivity contribution in [2.75, 3.05) is 26.8 Å². The predicted molar refractivity (Wildman–Crippen MR) is 69.4 cm³/mol. The lowest BCUT2D eigenvalue weighted by molar-refractivity contribution is -0.130. The van der Waals surface area contributed by atoms with E-state index in [0.29, 0.717) is 13.2 Å². The first-order valence-corrected chi connectivity index (χ1v) is 5.96. The zero-order chi connectivity index (χ0) is 13.2. The number of para-hydroxylation sites is 1. The molecule has 1 aromatic carbocycles. The number of carbonyl (C=O) groups excluding carboxylic acids is 1. The van der Waals surface area contributed by atoms with Crippen LogP contribution < -0.4 is 15.8 Å². The summed E-state index contributed by atoms with van der Waals surface area (Å²) in [5.74, 6) is 0.653. The maximum atomic E-state index is 11.5. The van der Waals surface area contributed by atoms with Crippen molar-refractivity contribution >= 4 is 5.91 Å². The second kappa shape index (κ2) is 8.49. The topological polar surface area (TPSA) is 73.6 Å². The Morgan fingerprint density at radius 2 is 2.11 bits per heavy atom. The molecule has 1 rings (SSSR count). The van der Waals surface area contributed by atoms with Crippen LogP contribution in [0.4, 0.5) is 0 Å². The van der Waals surface area contributed by atoms with Crippen molar-refractivity contribution < 1.29 is 14.3 Å². The first kappa shape index (κ1) is 14.5. The lowest BCUT2D eigenvalue weighted by atomic mass is 10.3. The average Bonchev–Trinajstić information content (AvgIpc) is 2.41. The van der Waals surface area contributed by atoms with Crippen LogP contribution in [0.1, 0.15) is 6.42 Å². The highest BCUT2D eigenvalue weighted by Gasteiger charge is 2.14. The molecule has 1 aromatic rings. The minimum Gasteiger partial charge on any atom is -0.494 e. The smallest absolute Gasteiger partial charge is 0.250 e. The third kappa shape index (κ3) is 5.16. The van der Waals surface area contributed by atoms with Crippen molar-refractivity contribution in [3.63, 3.8) is 0 Å². The van der Waals surface area contributed by atoms with Crippen LogP contribution in [0.5, 0.6) is 5.75 Å². The highest BCUT2D eigenvalue weighted by atomic mass is 16.5. The van der Waals surface area contributed by atoms with Gasteiger partial charge < -0.3 is 20.5 Å². The van der Waals surface area contributed by atoms with E-state index in [9.17, 15) is 4.79 Å². The summed E-state index contributed by atoms with van der Waals surface area (Å²) in [6.45, 7) is 1.29. The van der Waals surface area contributed by atoms with Crippen LogP contribution in [0.25, 0.3) is 0 Å². The molecule has 0 aliphatic carbocycles. The number of methoxy groups -OCH3 is 1. The molecule has 18 heavy (non-hydrogen) atoms. The number of amides is 1. The lowest BCUT2D eigenvalue weighted by Gasteiger charge is -2.13. The molecule has 0 saturated carbocycles. The van der Waals surface area contributed by atoms with Crippen LogP contribution in [0.3, 0.4) is 0 Å². The Morgan fingerprint density at radius 1 is 1.39 bits per heavy atom. The summed E-state index contributed by atoms with van der Waals surface area (Å²) in [6, 6.07) is 9.57. The fourth-order valence-electron chi connectivity index (χ4n) is 1.41. The second-order valence-electron chi connectivity index (χ2n) is 3.77. The minimum absolute atomic E-state index is 0.181. The Morgan fingerprint density at radius 3 is 2.72 bits per heavy atom. The maximum Gasteiger partial charge on any atom is 0.250 e. The summed E-state index contributed by atoms with van der Waals surface area (Å²) in [4.78, 5) is 11.5. The molecule has 0 saturated heterocycles. The highest BCUT2D eigenvalue weighted by molar-refractivity contribution is 5.80. The summed E-state index contributed by atoms with van der Waals surface area (Å²) in [7, 11) is 1.47. The monoisotopic (exact) mass is 252 g/mol. The molecule has 5 nitrogen and oxygen atoms in total. The molecular weight excluding hydrogens is 232 g/mol. The molecule has 0 fully saturated rings. The number of rotatable bonds is 8. The van der Waals surface area contributed by atoms with Gasteiger partial charge in [-0.05, 0) is 18.6 Å². The molecule has 0 radical (unpaired) electrons. The number of carbonyl (C=O) groups is 1. The van der Waals surface area contributed by atoms with Gasteiger partial charge in [-0.2, -0.15) is 0 Å². The van der Waals surface area contributed by atoms with E-state index in [-0.39, 0.29) is 12.5 Å². The van der Waals surface area contributed by atoms with Gasteiger partial charge >= 0.3 is 0 Å². The van der Waals surface area contributed by atoms with Crippen molar-refractivity contribution in [3.8, 4) is 5.75 Å². The molecule has 1 amide bonds. The van der Waals surface area contributed by atoms with Gasteiger partial charge in [-0.15, -0.1) is 0 Å². The SMILES string of the molecule is COC(CN)C(=O)NCCCOc1ccccc1. The van der Waals surface area contributed by atoms with Crippen molar-refractivity contribution in [2.24, 2.45) is 5.73 Å². The molecule has 1 atom stereocenters. The molecule has 3 N–H and O–H groups in total. The summed E-state index contributed by atoms with van der Waals surface area (Å²) in [5.41, 5.74) is 5.38. The Bertz CT molecular complexity index is 339. The summed E-state index contributed by atoms with van der Waals surface area (Å²) in [5, 5.41) is 2.75. The van der Waals surface area contributed by atoms with Crippen LogP contribution in [-0.2, 0) is 9.53 Å². The van der Waals surface area contributed by atoms with Gasteiger partial charge in [0.05, 0.1) is 6.61 Å². The molecule has 1 unspecified atom stereocenters. The summed E-state index contributed by atoms with van der Waals surface area (Å²) < 4.78 is 10.4. The largest absolute Gasteiger partial charge is 0.494 e. The van der Waals surface area contributed by atoms with E-state index in [1.54, 1.807) is 0 Å². The summed E-state index contributed by atoms with van der Waals surface area (Å²) >= 11 is 0. The van der Waals surface area contributed by atoms with Crippen LogP contribution >= 0.6 is 0 Å². The number of benzene rings is 1. The third-order valence-corrected chi connectivity index (χ3v) is 2.42. The van der Waals surface area contributed by atoms with Crippen molar-refractivity contribution in [3.05, 3.63) is 30.3 Å². The Hall–Kier alpha value is -1.59. The van der Waals surface area contributed by atoms with Crippen LogP contribution in [0, 0.1) is 0 Å². The Balaban J connectivity index is 2.10. The first-order chi connectivity index (χ1) is 8.77. The number of nitrogens with two attached hydrogens (primary N) is 1. The van der Waals surface area contributed by atoms with Gasteiger partial charge in [0, 0.05) is 20.2 Å². The predicted octanol–water partition coefficient (Wildman–Crippen LogP) is 0.545. The average molecular weight is 252 g/mol.